The Bertz CT molecular complexity index is 809. The summed E-state index contributed by atoms with van der Waals surface area (Å²) in [6, 6.07) is 10.1. The number of halogens is 4. The lowest BCUT2D eigenvalue weighted by atomic mass is 10.2. The molecule has 0 spiro atoms. The maximum atomic E-state index is 12.3. The van der Waals surface area contributed by atoms with Gasteiger partial charge >= 0.3 is 6.18 Å². The second kappa shape index (κ2) is 14.2. The predicted octanol–water partition coefficient (Wildman–Crippen LogP) is 4.04. The van der Waals surface area contributed by atoms with Gasteiger partial charge in [-0.25, -0.2) is 4.99 Å². The molecule has 2 rings (SSSR count). The fourth-order valence-electron chi connectivity index (χ4n) is 2.90. The first-order chi connectivity index (χ1) is 14.8. The number of hydrogen-bond donors (Lipinski definition) is 2. The van der Waals surface area contributed by atoms with E-state index in [0.29, 0.717) is 32.0 Å². The monoisotopic (exact) mass is 567 g/mol. The highest BCUT2D eigenvalue weighted by molar-refractivity contribution is 14.0. The van der Waals surface area contributed by atoms with E-state index in [4.69, 9.17) is 0 Å². The van der Waals surface area contributed by atoms with Gasteiger partial charge in [0.2, 0.25) is 0 Å². The number of guanidine groups is 1. The van der Waals surface area contributed by atoms with Crippen LogP contribution in [0.2, 0.25) is 0 Å². The molecule has 0 aliphatic heterocycles. The van der Waals surface area contributed by atoms with Crippen molar-refractivity contribution >= 4 is 35.6 Å². The van der Waals surface area contributed by atoms with Crippen molar-refractivity contribution in [2.75, 3.05) is 31.6 Å². The number of rotatable bonds is 11. The van der Waals surface area contributed by atoms with Crippen LogP contribution >= 0.6 is 24.0 Å². The lowest BCUT2D eigenvalue weighted by Gasteiger charge is -2.19. The van der Waals surface area contributed by atoms with E-state index < -0.39 is 12.6 Å². The molecule has 1 aromatic heterocycles. The van der Waals surface area contributed by atoms with Gasteiger partial charge in [0, 0.05) is 45.8 Å². The van der Waals surface area contributed by atoms with E-state index in [-0.39, 0.29) is 30.4 Å². The van der Waals surface area contributed by atoms with Crippen LogP contribution in [0, 0.1) is 6.92 Å². The minimum Gasteiger partial charge on any atom is -0.375 e. The second-order valence-corrected chi connectivity index (χ2v) is 7.42. The van der Waals surface area contributed by atoms with Gasteiger partial charge in [-0.1, -0.05) is 18.2 Å². The van der Waals surface area contributed by atoms with Gasteiger partial charge in [-0.3, -0.25) is 0 Å². The van der Waals surface area contributed by atoms with Crippen LogP contribution in [0.3, 0.4) is 0 Å². The Morgan fingerprint density at radius 1 is 1.06 bits per heavy atom. The topological polar surface area (TPSA) is 70.4 Å². The molecular formula is C21H33F3IN7. The van der Waals surface area contributed by atoms with Crippen LogP contribution in [0.1, 0.15) is 37.3 Å². The van der Waals surface area contributed by atoms with E-state index in [1.165, 1.54) is 0 Å². The van der Waals surface area contributed by atoms with E-state index in [1.54, 1.807) is 0 Å². The lowest BCUT2D eigenvalue weighted by molar-refractivity contribution is -0.135. The van der Waals surface area contributed by atoms with Crippen LogP contribution in [0.15, 0.2) is 35.3 Å². The number of aryl methyl sites for hydroxylation is 1. The zero-order valence-electron chi connectivity index (χ0n) is 18.8. The number of anilines is 1. The first-order valence-corrected chi connectivity index (χ1v) is 10.5. The number of nitrogens with one attached hydrogen (secondary N) is 2. The van der Waals surface area contributed by atoms with Crippen LogP contribution in [0.25, 0.3) is 0 Å². The number of aromatic nitrogens is 3. The van der Waals surface area contributed by atoms with Crippen molar-refractivity contribution in [1.82, 2.24) is 25.4 Å². The fourth-order valence-corrected chi connectivity index (χ4v) is 2.90. The molecule has 0 fully saturated rings. The summed E-state index contributed by atoms with van der Waals surface area (Å²) < 4.78 is 38.8. The molecule has 180 valence electrons. The molecule has 11 heteroatoms. The van der Waals surface area contributed by atoms with Gasteiger partial charge < -0.3 is 20.1 Å². The molecule has 0 bridgehead atoms. The largest absolute Gasteiger partial charge is 0.389 e. The van der Waals surface area contributed by atoms with Crippen LogP contribution < -0.4 is 15.5 Å². The van der Waals surface area contributed by atoms with Crippen LogP contribution in [-0.4, -0.2) is 53.6 Å². The minimum atomic E-state index is -4.11. The summed E-state index contributed by atoms with van der Waals surface area (Å²) >= 11 is 0. The Morgan fingerprint density at radius 3 is 2.31 bits per heavy atom. The molecular weight excluding hydrogens is 534 g/mol. The molecule has 1 heterocycles. The molecule has 0 aliphatic rings. The summed E-state index contributed by atoms with van der Waals surface area (Å²) in [5.41, 5.74) is 1.15. The van der Waals surface area contributed by atoms with E-state index in [1.807, 2.05) is 43.8 Å². The van der Waals surface area contributed by atoms with E-state index in [2.05, 4.69) is 42.9 Å². The van der Waals surface area contributed by atoms with E-state index >= 15 is 0 Å². The van der Waals surface area contributed by atoms with Crippen LogP contribution in [0.4, 0.5) is 18.9 Å². The summed E-state index contributed by atoms with van der Waals surface area (Å²) in [5, 5.41) is 14.5. The summed E-state index contributed by atoms with van der Waals surface area (Å²) in [4.78, 5) is 6.70. The molecule has 32 heavy (non-hydrogen) atoms. The molecule has 2 aromatic rings. The number of hydrogen-bond acceptors (Lipinski definition) is 4. The summed E-state index contributed by atoms with van der Waals surface area (Å²) in [6.45, 7) is 4.16. The van der Waals surface area contributed by atoms with Gasteiger partial charge in [0.1, 0.15) is 12.4 Å². The maximum Gasteiger partial charge on any atom is 0.389 e. The smallest absolute Gasteiger partial charge is 0.375 e. The Kier molecular flexibility index (Phi) is 12.4. The highest BCUT2D eigenvalue weighted by Gasteiger charge is 2.25. The number of aliphatic imine (C=N–C) groups is 1. The molecule has 0 amide bonds. The van der Waals surface area contributed by atoms with Crippen molar-refractivity contribution in [3.05, 3.63) is 42.0 Å². The van der Waals surface area contributed by atoms with Crippen LogP contribution in [0.5, 0.6) is 0 Å². The molecule has 2 N–H and O–H groups in total. The molecule has 0 aliphatic carbocycles. The van der Waals surface area contributed by atoms with Crippen LogP contribution in [-0.2, 0) is 13.6 Å². The van der Waals surface area contributed by atoms with Gasteiger partial charge in [-0.05, 0) is 38.3 Å². The normalized spacial score (nSPS) is 11.8. The molecule has 1 aromatic carbocycles. The minimum absolute atomic E-state index is 0. The fraction of sp³-hybridized carbons (Fsp3) is 0.571. The molecule has 7 nitrogen and oxygen atoms in total. The van der Waals surface area contributed by atoms with Gasteiger partial charge in [0.05, 0.1) is 0 Å². The van der Waals surface area contributed by atoms with Gasteiger partial charge in [-0.15, -0.1) is 34.2 Å². The highest BCUT2D eigenvalue weighted by Crippen LogP contribution is 2.21. The SMILES string of the molecule is Cc1nnc(CN=C(NCCCCC(F)(F)F)NCCCN(C)c2ccccc2)n1C.I. The van der Waals surface area contributed by atoms with Gasteiger partial charge in [-0.2, -0.15) is 13.2 Å². The number of para-hydroxylation sites is 1. The first-order valence-electron chi connectivity index (χ1n) is 10.5. The van der Waals surface area contributed by atoms with Crippen molar-refractivity contribution in [2.24, 2.45) is 12.0 Å². The van der Waals surface area contributed by atoms with Gasteiger partial charge in [0.25, 0.3) is 0 Å². The zero-order valence-corrected chi connectivity index (χ0v) is 21.2. The van der Waals surface area contributed by atoms with Crippen molar-refractivity contribution in [2.45, 2.75) is 45.3 Å². The average Bonchev–Trinajstić information content (AvgIpc) is 3.06. The number of unbranched alkanes of at least 4 members (excludes halogenated alkanes) is 1. The molecule has 0 saturated heterocycles. The highest BCUT2D eigenvalue weighted by atomic mass is 127. The molecule has 0 unspecified atom stereocenters. The van der Waals surface area contributed by atoms with E-state index in [9.17, 15) is 13.2 Å². The molecule has 0 saturated carbocycles. The van der Waals surface area contributed by atoms with Crippen molar-refractivity contribution < 1.29 is 13.2 Å². The standard InChI is InChI=1S/C21H32F3N7.HI/c1-17-28-29-19(31(17)3)16-27-20(25-13-8-7-12-21(22,23)24)26-14-9-15-30(2)18-10-5-4-6-11-18;/h4-6,10-11H,7-9,12-16H2,1-3H3,(H2,25,26,27);1H. The number of nitrogens with zero attached hydrogens (tertiary/aromatic N) is 5. The Morgan fingerprint density at radius 2 is 1.72 bits per heavy atom. The quantitative estimate of drug-likeness (QED) is 0.186. The number of alkyl halides is 3. The average molecular weight is 567 g/mol. The predicted molar refractivity (Wildman–Crippen MR) is 133 cm³/mol. The molecule has 0 radical (unpaired) electrons. The Balaban J connectivity index is 0.00000512. The second-order valence-electron chi connectivity index (χ2n) is 7.42. The molecule has 0 atom stereocenters. The van der Waals surface area contributed by atoms with Gasteiger partial charge in [0.15, 0.2) is 11.8 Å². The third-order valence-electron chi connectivity index (χ3n) is 4.90. The first kappa shape index (κ1) is 28.0. The summed E-state index contributed by atoms with van der Waals surface area (Å²) in [5.74, 6) is 2.08. The van der Waals surface area contributed by atoms with E-state index in [0.717, 1.165) is 30.3 Å². The Hall–Kier alpha value is -2.05. The number of benzene rings is 1. The van der Waals surface area contributed by atoms with Crippen molar-refractivity contribution in [3.8, 4) is 0 Å². The third kappa shape index (κ3) is 10.5. The Labute approximate surface area is 204 Å². The lowest BCUT2D eigenvalue weighted by Crippen LogP contribution is -2.39. The summed E-state index contributed by atoms with van der Waals surface area (Å²) in [7, 11) is 3.91. The maximum absolute atomic E-state index is 12.3. The zero-order chi connectivity index (χ0) is 22.7. The van der Waals surface area contributed by atoms with Crippen molar-refractivity contribution in [1.29, 1.82) is 0 Å². The van der Waals surface area contributed by atoms with Crippen molar-refractivity contribution in [3.63, 3.8) is 0 Å². The third-order valence-corrected chi connectivity index (χ3v) is 4.90. The summed E-state index contributed by atoms with van der Waals surface area (Å²) in [6.07, 6.45) is -3.49.